The lowest BCUT2D eigenvalue weighted by Gasteiger charge is -2.69. The Balaban J connectivity index is 1.77. The zero-order valence-electron chi connectivity index (χ0n) is 21.6. The number of hydrogen-bond acceptors (Lipinski definition) is 10. The summed E-state index contributed by atoms with van der Waals surface area (Å²) in [5.74, 6) is -2.92. The van der Waals surface area contributed by atoms with E-state index in [2.05, 4.69) is 13.2 Å². The van der Waals surface area contributed by atoms with E-state index in [0.29, 0.717) is 0 Å². The lowest BCUT2D eigenvalue weighted by molar-refractivity contribution is -0.262. The van der Waals surface area contributed by atoms with Gasteiger partial charge in [-0.3, -0.25) is 9.59 Å². The van der Waals surface area contributed by atoms with Gasteiger partial charge in [0, 0.05) is 13.0 Å². The molecule has 10 nitrogen and oxygen atoms in total. The minimum atomic E-state index is -2.03. The predicted molar refractivity (Wildman–Crippen MR) is 123 cm³/mol. The second kappa shape index (κ2) is 6.18. The largest absolute Gasteiger partial charge is 0.458 e. The minimum absolute atomic E-state index is 0.0322. The van der Waals surface area contributed by atoms with E-state index in [-0.39, 0.29) is 17.6 Å². The average molecular weight is 515 g/mol. The summed E-state index contributed by atoms with van der Waals surface area (Å²) in [6.07, 6.45) is -1.02. The summed E-state index contributed by atoms with van der Waals surface area (Å²) >= 11 is 0. The van der Waals surface area contributed by atoms with Crippen LogP contribution < -0.4 is 0 Å². The summed E-state index contributed by atoms with van der Waals surface area (Å²) in [6.45, 7) is 17.9. The van der Waals surface area contributed by atoms with E-state index in [1.807, 2.05) is 0 Å². The van der Waals surface area contributed by atoms with Crippen LogP contribution in [0.2, 0.25) is 0 Å². The predicted octanol–water partition coefficient (Wildman–Crippen LogP) is 1.45. The van der Waals surface area contributed by atoms with Gasteiger partial charge in [0.1, 0.15) is 22.7 Å². The maximum absolute atomic E-state index is 14.0. The van der Waals surface area contributed by atoms with E-state index in [4.69, 9.17) is 23.7 Å². The number of carbonyl (C=O) groups excluding carboxylic acids is 4. The number of hydrogen-bond donors (Lipinski definition) is 1. The molecular weight excluding hydrogens is 484 g/mol. The Morgan fingerprint density at radius 3 is 2.30 bits per heavy atom. The van der Waals surface area contributed by atoms with Gasteiger partial charge in [-0.1, -0.05) is 26.2 Å². The Morgan fingerprint density at radius 2 is 1.70 bits per heavy atom. The summed E-state index contributed by atoms with van der Waals surface area (Å²) < 4.78 is 30.1. The Kier molecular flexibility index (Phi) is 4.07. The van der Waals surface area contributed by atoms with E-state index >= 15 is 0 Å². The number of carbonyl (C=O) groups is 4. The first kappa shape index (κ1) is 24.4. The van der Waals surface area contributed by atoms with Gasteiger partial charge >= 0.3 is 23.9 Å². The van der Waals surface area contributed by atoms with Crippen molar-refractivity contribution >= 4 is 23.9 Å². The fourth-order valence-corrected chi connectivity index (χ4v) is 8.75. The highest BCUT2D eigenvalue weighted by atomic mass is 16.7. The zero-order chi connectivity index (χ0) is 27.4. The van der Waals surface area contributed by atoms with Gasteiger partial charge < -0.3 is 28.8 Å². The van der Waals surface area contributed by atoms with Crippen LogP contribution in [-0.4, -0.2) is 69.7 Å². The molecule has 6 rings (SSSR count). The molecule has 2 spiro atoms. The first-order valence-corrected chi connectivity index (χ1v) is 12.3. The van der Waals surface area contributed by atoms with Crippen molar-refractivity contribution < 1.29 is 48.0 Å². The quantitative estimate of drug-likeness (QED) is 0.311. The smallest absolute Gasteiger partial charge is 0.345 e. The first-order chi connectivity index (χ1) is 17.0. The van der Waals surface area contributed by atoms with Crippen LogP contribution in [0.5, 0.6) is 0 Å². The summed E-state index contributed by atoms with van der Waals surface area (Å²) in [6, 6.07) is 0. The fraction of sp³-hybridized carbons (Fsp3) is 0.630. The second-order valence-electron chi connectivity index (χ2n) is 12.0. The average Bonchev–Trinajstić information content (AvgIpc) is 3.10. The van der Waals surface area contributed by atoms with Crippen molar-refractivity contribution in [2.24, 2.45) is 16.2 Å². The van der Waals surface area contributed by atoms with Crippen LogP contribution in [-0.2, 0) is 42.9 Å². The van der Waals surface area contributed by atoms with E-state index in [0.717, 1.165) is 0 Å². The number of aliphatic hydroxyl groups excluding tert-OH is 1. The molecule has 3 saturated heterocycles. The topological polar surface area (TPSA) is 135 Å². The summed E-state index contributed by atoms with van der Waals surface area (Å²) in [5, 5.41) is 12.1. The Labute approximate surface area is 213 Å². The van der Waals surface area contributed by atoms with E-state index in [9.17, 15) is 24.3 Å². The Bertz CT molecular complexity index is 1300. The lowest BCUT2D eigenvalue weighted by Crippen LogP contribution is -2.82. The van der Waals surface area contributed by atoms with Gasteiger partial charge in [0.25, 0.3) is 0 Å². The van der Waals surface area contributed by atoms with Crippen LogP contribution in [0.3, 0.4) is 0 Å². The number of ether oxygens (including phenoxy) is 5. The van der Waals surface area contributed by atoms with Crippen LogP contribution in [0.1, 0.15) is 48.0 Å². The van der Waals surface area contributed by atoms with Gasteiger partial charge in [0.15, 0.2) is 11.7 Å². The molecule has 2 saturated carbocycles. The van der Waals surface area contributed by atoms with Crippen LogP contribution >= 0.6 is 0 Å². The molecule has 2 aliphatic carbocycles. The number of aliphatic hydroxyl groups is 1. The molecule has 0 amide bonds. The molecule has 1 N–H and O–H groups in total. The van der Waals surface area contributed by atoms with Gasteiger partial charge in [-0.15, -0.1) is 0 Å². The monoisotopic (exact) mass is 514 g/mol. The first-order valence-electron chi connectivity index (χ1n) is 12.3. The van der Waals surface area contributed by atoms with Crippen molar-refractivity contribution in [2.75, 3.05) is 0 Å². The second-order valence-corrected chi connectivity index (χ2v) is 12.0. The van der Waals surface area contributed by atoms with Gasteiger partial charge in [0.2, 0.25) is 5.60 Å². The van der Waals surface area contributed by atoms with Crippen LogP contribution in [0, 0.1) is 16.2 Å². The van der Waals surface area contributed by atoms with Crippen LogP contribution in [0.4, 0.5) is 0 Å². The highest BCUT2D eigenvalue weighted by Crippen LogP contribution is 2.84. The van der Waals surface area contributed by atoms with Gasteiger partial charge in [-0.25, -0.2) is 9.59 Å². The highest BCUT2D eigenvalue weighted by molar-refractivity contribution is 6.03. The summed E-state index contributed by atoms with van der Waals surface area (Å²) in [7, 11) is 0. The summed E-state index contributed by atoms with van der Waals surface area (Å²) in [5.41, 5.74) is -11.1. The fourth-order valence-electron chi connectivity index (χ4n) is 8.75. The number of esters is 4. The molecular formula is C27H30O10. The molecule has 5 fully saturated rings. The maximum atomic E-state index is 14.0. The van der Waals surface area contributed by atoms with E-state index < -0.39 is 80.8 Å². The molecule has 4 heterocycles. The molecule has 0 aromatic rings. The maximum Gasteiger partial charge on any atom is 0.345 e. The molecule has 0 radical (unpaired) electrons. The van der Waals surface area contributed by atoms with Gasteiger partial charge in [-0.2, -0.15) is 0 Å². The molecule has 0 aromatic heterocycles. The molecule has 198 valence electrons. The normalized spacial score (nSPS) is 52.4. The number of cyclic esters (lactones) is 2. The molecule has 0 unspecified atom stereocenters. The van der Waals surface area contributed by atoms with Crippen molar-refractivity contribution in [3.8, 4) is 0 Å². The van der Waals surface area contributed by atoms with Gasteiger partial charge in [0.05, 0.1) is 16.9 Å². The molecule has 3 bridgehead atoms. The third-order valence-corrected chi connectivity index (χ3v) is 10.5. The lowest BCUT2D eigenvalue weighted by atomic mass is 9.35. The summed E-state index contributed by atoms with van der Waals surface area (Å²) in [4.78, 5) is 52.7. The molecule has 9 atom stereocenters. The SMILES string of the molecule is C=C1[C@@]23C(=O)O[C@H](C)[C@]24O[C@@]2(C(=C)[C@]5(C=CC(=O)OC5(C)C)C[C@@H](O)[C@]32C)[C@H](OC(C)=O)[C@@]1(C)OC4=O. The van der Waals surface area contributed by atoms with Gasteiger partial charge in [-0.05, 0) is 45.3 Å². The third-order valence-electron chi connectivity index (χ3n) is 10.5. The van der Waals surface area contributed by atoms with Crippen molar-refractivity contribution in [1.29, 1.82) is 0 Å². The number of rotatable bonds is 1. The molecule has 37 heavy (non-hydrogen) atoms. The third kappa shape index (κ3) is 1.94. The molecule has 4 aliphatic heterocycles. The van der Waals surface area contributed by atoms with Crippen LogP contribution in [0.15, 0.2) is 36.5 Å². The highest BCUT2D eigenvalue weighted by Gasteiger charge is 3.00. The minimum Gasteiger partial charge on any atom is -0.458 e. The zero-order valence-corrected chi connectivity index (χ0v) is 21.6. The standard InChI is InChI=1S/C27H30O10/c1-12-22(7)18(34-15(4)28)26-13(2)24(10-9-17(30)35-21(24,5)6)11-16(29)23(26,8)25(12)19(31)33-14(3)27(25,37-26)20(32)36-22/h9-10,14,16,18,29H,1-2,11H2,3-8H3/t14-,16-,18-,22+,23-,24+,25+,26+,27-/m1/s1. The Hall–Kier alpha value is -2.98. The Morgan fingerprint density at radius 1 is 1.05 bits per heavy atom. The van der Waals surface area contributed by atoms with Crippen molar-refractivity contribution in [3.63, 3.8) is 0 Å². The van der Waals surface area contributed by atoms with E-state index in [1.54, 1.807) is 26.8 Å². The van der Waals surface area contributed by atoms with E-state index in [1.165, 1.54) is 26.8 Å². The molecule has 0 aromatic carbocycles. The number of fused-ring (bicyclic) bond motifs is 1. The molecule has 6 aliphatic rings. The van der Waals surface area contributed by atoms with Crippen molar-refractivity contribution in [3.05, 3.63) is 36.5 Å². The van der Waals surface area contributed by atoms with Crippen LogP contribution in [0.25, 0.3) is 0 Å². The van der Waals surface area contributed by atoms with Crippen molar-refractivity contribution in [1.82, 2.24) is 0 Å². The molecule has 10 heteroatoms. The van der Waals surface area contributed by atoms with Crippen molar-refractivity contribution in [2.45, 2.75) is 88.7 Å².